The van der Waals surface area contributed by atoms with E-state index in [0.29, 0.717) is 11.1 Å². The lowest BCUT2D eigenvalue weighted by Gasteiger charge is -2.08. The summed E-state index contributed by atoms with van der Waals surface area (Å²) in [7, 11) is 0. The quantitative estimate of drug-likeness (QED) is 0.548. The van der Waals surface area contributed by atoms with E-state index < -0.39 is 9.85 Å². The Morgan fingerprint density at radius 3 is 1.57 bits per heavy atom. The molecule has 2 rings (SSSR count). The molecule has 3 N–H and O–H groups in total. The fourth-order valence-electron chi connectivity index (χ4n) is 1.99. The summed E-state index contributed by atoms with van der Waals surface area (Å²) in [6, 6.07) is 7.28. The summed E-state index contributed by atoms with van der Waals surface area (Å²) >= 11 is 0. The molecule has 2 aromatic carbocycles. The first-order valence-electron chi connectivity index (χ1n) is 6.52. The van der Waals surface area contributed by atoms with E-state index in [1.165, 1.54) is 36.4 Å². The highest BCUT2D eigenvalue weighted by molar-refractivity contribution is 5.44. The van der Waals surface area contributed by atoms with Crippen molar-refractivity contribution in [1.29, 1.82) is 0 Å². The number of benzene rings is 2. The van der Waals surface area contributed by atoms with Gasteiger partial charge in [-0.25, -0.2) is 0 Å². The van der Waals surface area contributed by atoms with Gasteiger partial charge in [0.05, 0.1) is 9.85 Å². The second-order valence-electron chi connectivity index (χ2n) is 4.74. The number of nitrogens with one attached hydrogen (secondary N) is 1. The van der Waals surface area contributed by atoms with E-state index in [1.54, 1.807) is 0 Å². The Kier molecular flexibility index (Phi) is 4.72. The van der Waals surface area contributed by atoms with Crippen LogP contribution in [-0.2, 0) is 13.1 Å². The van der Waals surface area contributed by atoms with Crippen molar-refractivity contribution in [3.05, 3.63) is 67.8 Å². The summed E-state index contributed by atoms with van der Waals surface area (Å²) in [6.07, 6.45) is 0. The van der Waals surface area contributed by atoms with Crippen LogP contribution in [0.3, 0.4) is 0 Å². The predicted molar refractivity (Wildman–Crippen MR) is 80.1 cm³/mol. The van der Waals surface area contributed by atoms with Crippen molar-refractivity contribution in [2.75, 3.05) is 0 Å². The first kappa shape index (κ1) is 16.2. The number of aromatic hydroxyl groups is 2. The fraction of sp³-hybridized carbons (Fsp3) is 0.143. The second kappa shape index (κ2) is 6.71. The van der Waals surface area contributed by atoms with E-state index in [2.05, 4.69) is 5.32 Å². The van der Waals surface area contributed by atoms with Crippen LogP contribution in [0, 0.1) is 20.2 Å². The van der Waals surface area contributed by atoms with Gasteiger partial charge in [0, 0.05) is 48.5 Å². The lowest BCUT2D eigenvalue weighted by molar-refractivity contribution is -0.385. The lowest BCUT2D eigenvalue weighted by Crippen LogP contribution is -2.13. The van der Waals surface area contributed by atoms with Crippen LogP contribution in [0.25, 0.3) is 0 Å². The Balaban J connectivity index is 2.08. The first-order valence-corrected chi connectivity index (χ1v) is 6.52. The Morgan fingerprint density at radius 1 is 0.826 bits per heavy atom. The molecule has 0 saturated heterocycles. The zero-order valence-corrected chi connectivity index (χ0v) is 11.8. The molecule has 0 spiro atoms. The first-order chi connectivity index (χ1) is 10.9. The van der Waals surface area contributed by atoms with Gasteiger partial charge in [-0.2, -0.15) is 0 Å². The molecular weight excluding hydrogens is 306 g/mol. The SMILES string of the molecule is O=[N+]([O-])c1ccc(O)c(CNCc2cc([N+](=O)[O-])ccc2O)c1. The third-order valence-electron chi connectivity index (χ3n) is 3.18. The molecule has 0 amide bonds. The number of hydrogen-bond acceptors (Lipinski definition) is 7. The topological polar surface area (TPSA) is 139 Å². The van der Waals surface area contributed by atoms with Gasteiger partial charge >= 0.3 is 0 Å². The van der Waals surface area contributed by atoms with Crippen molar-refractivity contribution in [1.82, 2.24) is 5.32 Å². The maximum absolute atomic E-state index is 10.7. The molecule has 0 atom stereocenters. The molecule has 2 aromatic rings. The third kappa shape index (κ3) is 3.92. The maximum Gasteiger partial charge on any atom is 0.270 e. The van der Waals surface area contributed by atoms with Crippen LogP contribution in [0.2, 0.25) is 0 Å². The largest absolute Gasteiger partial charge is 0.508 e. The molecule has 0 fully saturated rings. The van der Waals surface area contributed by atoms with E-state index in [4.69, 9.17) is 0 Å². The van der Waals surface area contributed by atoms with Crippen LogP contribution >= 0.6 is 0 Å². The molecule has 0 aliphatic heterocycles. The highest BCUT2D eigenvalue weighted by atomic mass is 16.6. The fourth-order valence-corrected chi connectivity index (χ4v) is 1.99. The molecular formula is C14H13N3O6. The molecule has 0 saturated carbocycles. The number of rotatable bonds is 6. The maximum atomic E-state index is 10.7. The van der Waals surface area contributed by atoms with Crippen molar-refractivity contribution < 1.29 is 20.1 Å². The Labute approximate surface area is 130 Å². The molecule has 0 aliphatic rings. The van der Waals surface area contributed by atoms with Crippen molar-refractivity contribution in [2.24, 2.45) is 0 Å². The summed E-state index contributed by atoms with van der Waals surface area (Å²) in [5.74, 6) is -0.210. The van der Waals surface area contributed by atoms with Gasteiger partial charge in [0.2, 0.25) is 0 Å². The molecule has 0 heterocycles. The molecule has 9 heteroatoms. The van der Waals surface area contributed by atoms with Crippen molar-refractivity contribution in [2.45, 2.75) is 13.1 Å². The van der Waals surface area contributed by atoms with Gasteiger partial charge in [-0.1, -0.05) is 0 Å². The number of nitrogens with zero attached hydrogens (tertiary/aromatic N) is 2. The summed E-state index contributed by atoms with van der Waals surface area (Å²) in [5, 5.41) is 43.7. The number of nitro benzene ring substituents is 2. The number of non-ortho nitro benzene ring substituents is 2. The molecule has 0 unspecified atom stereocenters. The van der Waals surface area contributed by atoms with Crippen LogP contribution in [0.15, 0.2) is 36.4 Å². The van der Waals surface area contributed by atoms with E-state index in [0.717, 1.165) is 0 Å². The van der Waals surface area contributed by atoms with E-state index >= 15 is 0 Å². The van der Waals surface area contributed by atoms with Gasteiger partial charge in [0.15, 0.2) is 0 Å². The van der Waals surface area contributed by atoms with Crippen LogP contribution in [-0.4, -0.2) is 20.1 Å². The van der Waals surface area contributed by atoms with Crippen LogP contribution in [0.5, 0.6) is 11.5 Å². The number of nitro groups is 2. The third-order valence-corrected chi connectivity index (χ3v) is 3.18. The lowest BCUT2D eigenvalue weighted by atomic mass is 10.1. The Morgan fingerprint density at radius 2 is 1.22 bits per heavy atom. The van der Waals surface area contributed by atoms with Gasteiger partial charge in [-0.3, -0.25) is 20.2 Å². The van der Waals surface area contributed by atoms with Crippen molar-refractivity contribution >= 4 is 11.4 Å². The predicted octanol–water partition coefficient (Wildman–Crippen LogP) is 2.20. The van der Waals surface area contributed by atoms with Crippen LogP contribution in [0.4, 0.5) is 11.4 Å². The van der Waals surface area contributed by atoms with E-state index in [-0.39, 0.29) is 36.0 Å². The minimum absolute atomic E-state index is 0.0929. The summed E-state index contributed by atoms with van der Waals surface area (Å²) < 4.78 is 0. The average molecular weight is 319 g/mol. The summed E-state index contributed by atoms with van der Waals surface area (Å²) in [6.45, 7) is 0.186. The molecule has 9 nitrogen and oxygen atoms in total. The number of phenolic OH excluding ortho intramolecular Hbond substituents is 2. The molecule has 0 aromatic heterocycles. The van der Waals surface area contributed by atoms with E-state index in [9.17, 15) is 30.4 Å². The molecule has 0 radical (unpaired) electrons. The van der Waals surface area contributed by atoms with Gasteiger partial charge in [0.25, 0.3) is 11.4 Å². The van der Waals surface area contributed by atoms with E-state index in [1.807, 2.05) is 0 Å². The highest BCUT2D eigenvalue weighted by Crippen LogP contribution is 2.24. The Hall–Kier alpha value is -3.20. The van der Waals surface area contributed by atoms with Crippen LogP contribution in [0.1, 0.15) is 11.1 Å². The molecule has 23 heavy (non-hydrogen) atoms. The minimum atomic E-state index is -0.574. The van der Waals surface area contributed by atoms with Gasteiger partial charge in [0.1, 0.15) is 11.5 Å². The normalized spacial score (nSPS) is 10.4. The molecule has 120 valence electrons. The number of phenols is 2. The Bertz CT molecular complexity index is 699. The average Bonchev–Trinajstić information content (AvgIpc) is 2.50. The molecule has 0 bridgehead atoms. The monoisotopic (exact) mass is 319 g/mol. The zero-order valence-electron chi connectivity index (χ0n) is 11.8. The minimum Gasteiger partial charge on any atom is -0.508 e. The molecule has 0 aliphatic carbocycles. The smallest absolute Gasteiger partial charge is 0.270 e. The van der Waals surface area contributed by atoms with Gasteiger partial charge < -0.3 is 15.5 Å². The van der Waals surface area contributed by atoms with Gasteiger partial charge in [-0.05, 0) is 12.1 Å². The van der Waals surface area contributed by atoms with Gasteiger partial charge in [-0.15, -0.1) is 0 Å². The van der Waals surface area contributed by atoms with Crippen LogP contribution < -0.4 is 5.32 Å². The highest BCUT2D eigenvalue weighted by Gasteiger charge is 2.12. The second-order valence-corrected chi connectivity index (χ2v) is 4.74. The number of hydrogen-bond donors (Lipinski definition) is 3. The summed E-state index contributed by atoms with van der Waals surface area (Å²) in [4.78, 5) is 20.3. The zero-order chi connectivity index (χ0) is 17.0. The van der Waals surface area contributed by atoms with Crippen molar-refractivity contribution in [3.8, 4) is 11.5 Å². The standard InChI is InChI=1S/C14H13N3O6/c18-13-3-1-11(16(20)21)5-9(13)7-15-8-10-6-12(17(22)23)2-4-14(10)19/h1-6,15,18-19H,7-8H2. The summed E-state index contributed by atoms with van der Waals surface area (Å²) in [5.41, 5.74) is 0.309. The van der Waals surface area contributed by atoms with Crippen molar-refractivity contribution in [3.63, 3.8) is 0 Å².